The minimum absolute atomic E-state index is 0.0772. The van der Waals surface area contributed by atoms with Gasteiger partial charge in [-0.1, -0.05) is 58.0 Å². The maximum Gasteiger partial charge on any atom is 0.228 e. The van der Waals surface area contributed by atoms with E-state index in [1.165, 1.54) is 12.1 Å². The molecule has 0 atom stereocenters. The average molecular weight is 313 g/mol. The number of hydrogen-bond acceptors (Lipinski definition) is 1. The van der Waals surface area contributed by atoms with E-state index >= 15 is 0 Å². The highest BCUT2D eigenvalue weighted by Crippen LogP contribution is 2.32. The number of nitrogens with one attached hydrogen (secondary N) is 1. The van der Waals surface area contributed by atoms with Gasteiger partial charge in [-0.25, -0.2) is 4.39 Å². The van der Waals surface area contributed by atoms with Gasteiger partial charge in [-0.15, -0.1) is 0 Å². The van der Waals surface area contributed by atoms with Crippen LogP contribution in [0.5, 0.6) is 0 Å². The largest absolute Gasteiger partial charge is 0.325 e. The van der Waals surface area contributed by atoms with Gasteiger partial charge in [0, 0.05) is 5.69 Å². The van der Waals surface area contributed by atoms with Crippen molar-refractivity contribution in [1.82, 2.24) is 0 Å². The zero-order valence-electron chi connectivity index (χ0n) is 14.2. The first-order valence-corrected chi connectivity index (χ1v) is 8.05. The molecule has 1 amide bonds. The molecule has 0 bridgehead atoms. The van der Waals surface area contributed by atoms with E-state index in [4.69, 9.17) is 0 Å². The maximum atomic E-state index is 13.0. The summed E-state index contributed by atoms with van der Waals surface area (Å²) in [6.45, 7) is 8.48. The molecule has 0 aliphatic carbocycles. The summed E-state index contributed by atoms with van der Waals surface area (Å²) in [6, 6.07) is 12.2. The van der Waals surface area contributed by atoms with Crippen LogP contribution in [0.25, 0.3) is 0 Å². The molecular weight excluding hydrogens is 289 g/mol. The summed E-state index contributed by atoms with van der Waals surface area (Å²) >= 11 is 0. The molecule has 2 rings (SSSR count). The highest BCUT2D eigenvalue weighted by Gasteiger charge is 2.16. The Balaban J connectivity index is 2.24. The van der Waals surface area contributed by atoms with E-state index in [1.807, 2.05) is 6.07 Å². The number of hydrogen-bond donors (Lipinski definition) is 1. The van der Waals surface area contributed by atoms with Gasteiger partial charge in [-0.05, 0) is 40.7 Å². The Hall–Kier alpha value is -2.16. The second-order valence-corrected chi connectivity index (χ2v) is 6.47. The number of benzene rings is 2. The molecule has 0 saturated heterocycles. The summed E-state index contributed by atoms with van der Waals surface area (Å²) in [5.41, 5.74) is 4.01. The van der Waals surface area contributed by atoms with E-state index in [9.17, 15) is 9.18 Å². The molecule has 0 unspecified atom stereocenters. The van der Waals surface area contributed by atoms with Crippen LogP contribution in [0.3, 0.4) is 0 Å². The third kappa shape index (κ3) is 4.41. The molecule has 0 aromatic heterocycles. The topological polar surface area (TPSA) is 29.1 Å². The van der Waals surface area contributed by atoms with Crippen LogP contribution in [-0.2, 0) is 11.2 Å². The van der Waals surface area contributed by atoms with Crippen LogP contribution in [0.2, 0.25) is 0 Å². The van der Waals surface area contributed by atoms with E-state index in [0.29, 0.717) is 11.8 Å². The van der Waals surface area contributed by atoms with Crippen LogP contribution in [-0.4, -0.2) is 5.91 Å². The van der Waals surface area contributed by atoms with E-state index in [-0.39, 0.29) is 18.1 Å². The third-order valence-corrected chi connectivity index (χ3v) is 3.92. The lowest BCUT2D eigenvalue weighted by atomic mass is 9.92. The predicted molar refractivity (Wildman–Crippen MR) is 93.4 cm³/mol. The lowest BCUT2D eigenvalue weighted by Gasteiger charge is -2.20. The minimum atomic E-state index is -0.290. The van der Waals surface area contributed by atoms with Crippen molar-refractivity contribution in [3.63, 3.8) is 0 Å². The standard InChI is InChI=1S/C20H24FNO/c1-13(2)17-6-5-7-18(14(3)4)20(17)22-19(23)12-15-8-10-16(21)11-9-15/h5-11,13-14H,12H2,1-4H3,(H,22,23). The van der Waals surface area contributed by atoms with Gasteiger partial charge in [-0.3, -0.25) is 4.79 Å². The Kier molecular flexibility index (Phi) is 5.54. The molecule has 1 N–H and O–H groups in total. The first-order valence-electron chi connectivity index (χ1n) is 8.05. The molecule has 0 saturated carbocycles. The molecule has 0 radical (unpaired) electrons. The van der Waals surface area contributed by atoms with Crippen molar-refractivity contribution in [3.8, 4) is 0 Å². The van der Waals surface area contributed by atoms with Crippen LogP contribution < -0.4 is 5.32 Å². The molecule has 122 valence electrons. The lowest BCUT2D eigenvalue weighted by molar-refractivity contribution is -0.115. The van der Waals surface area contributed by atoms with Crippen molar-refractivity contribution < 1.29 is 9.18 Å². The maximum absolute atomic E-state index is 13.0. The summed E-state index contributed by atoms with van der Waals surface area (Å²) in [5, 5.41) is 3.07. The molecule has 0 heterocycles. The number of amides is 1. The second-order valence-electron chi connectivity index (χ2n) is 6.47. The molecule has 0 spiro atoms. The van der Waals surface area contributed by atoms with Crippen molar-refractivity contribution in [1.29, 1.82) is 0 Å². The molecule has 0 aliphatic heterocycles. The van der Waals surface area contributed by atoms with Crippen LogP contribution >= 0.6 is 0 Å². The van der Waals surface area contributed by atoms with Crippen LogP contribution in [0.1, 0.15) is 56.2 Å². The highest BCUT2D eigenvalue weighted by atomic mass is 19.1. The van der Waals surface area contributed by atoms with Gasteiger partial charge in [-0.2, -0.15) is 0 Å². The number of carbonyl (C=O) groups is 1. The zero-order valence-corrected chi connectivity index (χ0v) is 14.2. The van der Waals surface area contributed by atoms with Gasteiger partial charge in [0.2, 0.25) is 5.91 Å². The lowest BCUT2D eigenvalue weighted by Crippen LogP contribution is -2.17. The van der Waals surface area contributed by atoms with Gasteiger partial charge in [0.1, 0.15) is 5.82 Å². The molecule has 0 aliphatic rings. The molecule has 2 aromatic rings. The monoisotopic (exact) mass is 313 g/mol. The number of carbonyl (C=O) groups excluding carboxylic acids is 1. The molecule has 0 fully saturated rings. The Labute approximate surface area is 137 Å². The van der Waals surface area contributed by atoms with Gasteiger partial charge in [0.15, 0.2) is 0 Å². The quantitative estimate of drug-likeness (QED) is 0.802. The third-order valence-electron chi connectivity index (χ3n) is 3.92. The summed E-state index contributed by atoms with van der Waals surface area (Å²) < 4.78 is 13.0. The number of halogens is 1. The van der Waals surface area contributed by atoms with E-state index in [2.05, 4.69) is 45.1 Å². The fraction of sp³-hybridized carbons (Fsp3) is 0.350. The first kappa shape index (κ1) is 17.2. The van der Waals surface area contributed by atoms with Crippen molar-refractivity contribution in [3.05, 3.63) is 65.0 Å². The fourth-order valence-corrected chi connectivity index (χ4v) is 2.67. The summed E-state index contributed by atoms with van der Waals surface area (Å²) in [4.78, 5) is 12.4. The summed E-state index contributed by atoms with van der Waals surface area (Å²) in [5.74, 6) is 0.289. The number of anilines is 1. The van der Waals surface area contributed by atoms with Crippen molar-refractivity contribution in [2.75, 3.05) is 5.32 Å². The smallest absolute Gasteiger partial charge is 0.228 e. The van der Waals surface area contributed by atoms with E-state index in [1.54, 1.807) is 12.1 Å². The second kappa shape index (κ2) is 7.40. The summed E-state index contributed by atoms with van der Waals surface area (Å²) in [6.07, 6.45) is 0.240. The van der Waals surface area contributed by atoms with Crippen molar-refractivity contribution in [2.24, 2.45) is 0 Å². The van der Waals surface area contributed by atoms with E-state index in [0.717, 1.165) is 22.4 Å². The summed E-state index contributed by atoms with van der Waals surface area (Å²) in [7, 11) is 0. The number of para-hydroxylation sites is 1. The SMILES string of the molecule is CC(C)c1cccc(C(C)C)c1NC(=O)Cc1ccc(F)cc1. The Morgan fingerprint density at radius 3 is 1.96 bits per heavy atom. The first-order chi connectivity index (χ1) is 10.9. The molecular formula is C20H24FNO. The minimum Gasteiger partial charge on any atom is -0.325 e. The van der Waals surface area contributed by atoms with Crippen LogP contribution in [0.15, 0.2) is 42.5 Å². The average Bonchev–Trinajstić information content (AvgIpc) is 2.49. The van der Waals surface area contributed by atoms with Gasteiger partial charge < -0.3 is 5.32 Å². The van der Waals surface area contributed by atoms with Gasteiger partial charge in [0.05, 0.1) is 6.42 Å². The van der Waals surface area contributed by atoms with Crippen LogP contribution in [0, 0.1) is 5.82 Å². The molecule has 3 heteroatoms. The molecule has 2 nitrogen and oxygen atoms in total. The highest BCUT2D eigenvalue weighted by molar-refractivity contribution is 5.94. The van der Waals surface area contributed by atoms with Crippen molar-refractivity contribution in [2.45, 2.75) is 46.0 Å². The molecule has 23 heavy (non-hydrogen) atoms. The zero-order chi connectivity index (χ0) is 17.0. The predicted octanol–water partition coefficient (Wildman–Crippen LogP) is 5.25. The van der Waals surface area contributed by atoms with Crippen molar-refractivity contribution >= 4 is 11.6 Å². The van der Waals surface area contributed by atoms with E-state index < -0.39 is 0 Å². The van der Waals surface area contributed by atoms with Crippen LogP contribution in [0.4, 0.5) is 10.1 Å². The number of rotatable bonds is 5. The fourth-order valence-electron chi connectivity index (χ4n) is 2.67. The molecule has 2 aromatic carbocycles. The van der Waals surface area contributed by atoms with Gasteiger partial charge >= 0.3 is 0 Å². The Morgan fingerprint density at radius 2 is 1.48 bits per heavy atom. The van der Waals surface area contributed by atoms with Gasteiger partial charge in [0.25, 0.3) is 0 Å². The Morgan fingerprint density at radius 1 is 0.957 bits per heavy atom. The normalized spacial score (nSPS) is 11.1. The Bertz CT molecular complexity index is 648.